The topological polar surface area (TPSA) is 53.1 Å². The van der Waals surface area contributed by atoms with Crippen molar-refractivity contribution in [2.24, 2.45) is 12.8 Å². The normalized spacial score (nSPS) is 12.4. The number of aromatic nitrogens is 2. The van der Waals surface area contributed by atoms with Crippen LogP contribution in [0.5, 0.6) is 5.75 Å². The van der Waals surface area contributed by atoms with Gasteiger partial charge in [0.1, 0.15) is 5.75 Å². The van der Waals surface area contributed by atoms with Crippen LogP contribution in [0.2, 0.25) is 5.02 Å². The van der Waals surface area contributed by atoms with Crippen LogP contribution < -0.4 is 10.5 Å². The van der Waals surface area contributed by atoms with Crippen molar-refractivity contribution in [3.8, 4) is 5.75 Å². The van der Waals surface area contributed by atoms with E-state index in [4.69, 9.17) is 22.1 Å². The van der Waals surface area contributed by atoms with E-state index < -0.39 is 0 Å². The highest BCUT2D eigenvalue weighted by Gasteiger charge is 2.06. The molecule has 19 heavy (non-hydrogen) atoms. The maximum absolute atomic E-state index is 6.17. The van der Waals surface area contributed by atoms with E-state index in [0.717, 1.165) is 17.7 Å². The molecular weight excluding hydrogens is 262 g/mol. The molecule has 0 aliphatic carbocycles. The van der Waals surface area contributed by atoms with E-state index in [1.807, 2.05) is 42.9 Å². The Bertz CT molecular complexity index is 551. The second-order valence-corrected chi connectivity index (χ2v) is 4.93. The van der Waals surface area contributed by atoms with Crippen molar-refractivity contribution in [3.63, 3.8) is 0 Å². The molecule has 0 amide bonds. The predicted molar refractivity (Wildman–Crippen MR) is 76.5 cm³/mol. The fourth-order valence-corrected chi connectivity index (χ4v) is 2.07. The fourth-order valence-electron chi connectivity index (χ4n) is 1.83. The highest BCUT2D eigenvalue weighted by molar-refractivity contribution is 6.32. The zero-order valence-corrected chi connectivity index (χ0v) is 11.9. The van der Waals surface area contributed by atoms with Crippen LogP contribution in [-0.4, -0.2) is 16.4 Å². The van der Waals surface area contributed by atoms with Crippen LogP contribution in [0.3, 0.4) is 0 Å². The van der Waals surface area contributed by atoms with E-state index >= 15 is 0 Å². The van der Waals surface area contributed by atoms with Crippen LogP contribution in [-0.2, 0) is 13.5 Å². The third-order valence-corrected chi connectivity index (χ3v) is 3.32. The van der Waals surface area contributed by atoms with E-state index in [1.165, 1.54) is 0 Å². The lowest BCUT2D eigenvalue weighted by Crippen LogP contribution is -2.07. The number of nitrogens with two attached hydrogens (primary N) is 1. The molecule has 0 fully saturated rings. The number of benzene rings is 1. The van der Waals surface area contributed by atoms with Crippen molar-refractivity contribution in [3.05, 3.63) is 46.7 Å². The van der Waals surface area contributed by atoms with Gasteiger partial charge < -0.3 is 10.5 Å². The number of hydrogen-bond acceptors (Lipinski definition) is 3. The summed E-state index contributed by atoms with van der Waals surface area (Å²) < 4.78 is 7.52. The Morgan fingerprint density at radius 3 is 2.79 bits per heavy atom. The molecule has 1 unspecified atom stereocenters. The van der Waals surface area contributed by atoms with Gasteiger partial charge in [0.25, 0.3) is 0 Å². The standard InChI is InChI=1S/C14H18ClN3O/c1-10(16)11-3-4-14(13(15)9-11)19-8-6-12-5-7-17-18(12)2/h3-5,7,9-10H,6,8,16H2,1-2H3. The monoisotopic (exact) mass is 279 g/mol. The molecule has 0 saturated heterocycles. The lowest BCUT2D eigenvalue weighted by molar-refractivity contribution is 0.318. The summed E-state index contributed by atoms with van der Waals surface area (Å²) in [7, 11) is 1.92. The first kappa shape index (κ1) is 13.9. The number of halogens is 1. The maximum Gasteiger partial charge on any atom is 0.137 e. The van der Waals surface area contributed by atoms with E-state index in [0.29, 0.717) is 17.4 Å². The lowest BCUT2D eigenvalue weighted by atomic mass is 10.1. The summed E-state index contributed by atoms with van der Waals surface area (Å²) >= 11 is 6.17. The van der Waals surface area contributed by atoms with E-state index in [9.17, 15) is 0 Å². The summed E-state index contributed by atoms with van der Waals surface area (Å²) in [6, 6.07) is 7.61. The summed E-state index contributed by atoms with van der Waals surface area (Å²) in [4.78, 5) is 0. The van der Waals surface area contributed by atoms with Crippen LogP contribution in [0, 0.1) is 0 Å². The Hall–Kier alpha value is -1.52. The summed E-state index contributed by atoms with van der Waals surface area (Å²) in [5.74, 6) is 0.688. The molecule has 1 atom stereocenters. The number of aryl methyl sites for hydroxylation is 1. The van der Waals surface area contributed by atoms with Crippen molar-refractivity contribution in [2.45, 2.75) is 19.4 Å². The Morgan fingerprint density at radius 2 is 2.21 bits per heavy atom. The quantitative estimate of drug-likeness (QED) is 0.916. The van der Waals surface area contributed by atoms with Crippen molar-refractivity contribution < 1.29 is 4.74 Å². The molecule has 2 rings (SSSR count). The van der Waals surface area contributed by atoms with E-state index in [2.05, 4.69) is 5.10 Å². The van der Waals surface area contributed by atoms with Crippen LogP contribution in [0.15, 0.2) is 30.5 Å². The highest BCUT2D eigenvalue weighted by Crippen LogP contribution is 2.27. The van der Waals surface area contributed by atoms with Gasteiger partial charge in [0.15, 0.2) is 0 Å². The SMILES string of the molecule is CC(N)c1ccc(OCCc2ccnn2C)c(Cl)c1. The Morgan fingerprint density at radius 1 is 1.42 bits per heavy atom. The Kier molecular flexibility index (Phi) is 4.45. The third kappa shape index (κ3) is 3.49. The minimum absolute atomic E-state index is 0.0269. The van der Waals surface area contributed by atoms with Crippen molar-refractivity contribution in [1.82, 2.24) is 9.78 Å². The lowest BCUT2D eigenvalue weighted by Gasteiger charge is -2.11. The summed E-state index contributed by atoms with van der Waals surface area (Å²) in [6.07, 6.45) is 2.57. The van der Waals surface area contributed by atoms with E-state index in [-0.39, 0.29) is 6.04 Å². The first-order valence-corrected chi connectivity index (χ1v) is 6.60. The molecule has 5 heteroatoms. The number of nitrogens with zero attached hydrogens (tertiary/aromatic N) is 2. The van der Waals surface area contributed by atoms with Gasteiger partial charge in [-0.3, -0.25) is 4.68 Å². The van der Waals surface area contributed by atoms with Gasteiger partial charge in [-0.15, -0.1) is 0 Å². The molecule has 0 spiro atoms. The molecule has 0 aliphatic rings. The minimum atomic E-state index is -0.0269. The van der Waals surface area contributed by atoms with Crippen LogP contribution in [0.1, 0.15) is 24.2 Å². The average molecular weight is 280 g/mol. The molecule has 4 nitrogen and oxygen atoms in total. The molecule has 1 aromatic carbocycles. The first-order chi connectivity index (χ1) is 9.08. The Labute approximate surface area is 118 Å². The zero-order valence-electron chi connectivity index (χ0n) is 11.1. The molecule has 0 saturated carbocycles. The van der Waals surface area contributed by atoms with Gasteiger partial charge in [-0.25, -0.2) is 0 Å². The molecule has 0 radical (unpaired) electrons. The van der Waals surface area contributed by atoms with Crippen LogP contribution in [0.25, 0.3) is 0 Å². The molecule has 1 heterocycles. The van der Waals surface area contributed by atoms with Gasteiger partial charge in [0, 0.05) is 31.4 Å². The fraction of sp³-hybridized carbons (Fsp3) is 0.357. The van der Waals surface area contributed by atoms with Gasteiger partial charge in [-0.2, -0.15) is 5.10 Å². The van der Waals surface area contributed by atoms with Crippen LogP contribution >= 0.6 is 11.6 Å². The molecule has 102 valence electrons. The zero-order chi connectivity index (χ0) is 13.8. The smallest absolute Gasteiger partial charge is 0.137 e. The second kappa shape index (κ2) is 6.08. The van der Waals surface area contributed by atoms with Gasteiger partial charge in [-0.05, 0) is 30.7 Å². The molecule has 0 aliphatic heterocycles. The van der Waals surface area contributed by atoms with Crippen LogP contribution in [0.4, 0.5) is 0 Å². The summed E-state index contributed by atoms with van der Waals surface area (Å²) in [6.45, 7) is 2.49. The van der Waals surface area contributed by atoms with Gasteiger partial charge in [0.05, 0.1) is 11.6 Å². The molecule has 0 bridgehead atoms. The Balaban J connectivity index is 1.95. The van der Waals surface area contributed by atoms with Gasteiger partial charge in [-0.1, -0.05) is 17.7 Å². The number of hydrogen-bond donors (Lipinski definition) is 1. The molecule has 2 N–H and O–H groups in total. The summed E-state index contributed by atoms with van der Waals surface area (Å²) in [5, 5.41) is 4.71. The largest absolute Gasteiger partial charge is 0.492 e. The predicted octanol–water partition coefficient (Wildman–Crippen LogP) is 2.71. The van der Waals surface area contributed by atoms with Gasteiger partial charge >= 0.3 is 0 Å². The maximum atomic E-state index is 6.17. The third-order valence-electron chi connectivity index (χ3n) is 3.02. The first-order valence-electron chi connectivity index (χ1n) is 6.22. The van der Waals surface area contributed by atoms with Gasteiger partial charge in [0.2, 0.25) is 0 Å². The molecular formula is C14H18ClN3O. The second-order valence-electron chi connectivity index (χ2n) is 4.52. The number of ether oxygens (including phenoxy) is 1. The summed E-state index contributed by atoms with van der Waals surface area (Å²) in [5.41, 5.74) is 7.94. The molecule has 1 aromatic heterocycles. The highest BCUT2D eigenvalue weighted by atomic mass is 35.5. The minimum Gasteiger partial charge on any atom is -0.492 e. The van der Waals surface area contributed by atoms with Crippen molar-refractivity contribution in [2.75, 3.05) is 6.61 Å². The molecule has 2 aromatic rings. The average Bonchev–Trinajstić information content (AvgIpc) is 2.77. The number of rotatable bonds is 5. The van der Waals surface area contributed by atoms with Crippen molar-refractivity contribution in [1.29, 1.82) is 0 Å². The van der Waals surface area contributed by atoms with E-state index in [1.54, 1.807) is 6.20 Å². The van der Waals surface area contributed by atoms with Crippen molar-refractivity contribution >= 4 is 11.6 Å².